The van der Waals surface area contributed by atoms with Gasteiger partial charge in [-0.2, -0.15) is 33.9 Å². The number of hydrogen-bond donors (Lipinski definition) is 5. The molecule has 0 spiro atoms. The number of amides is 3. The number of ketones is 3. The Bertz CT molecular complexity index is 6590. The molecule has 4 aliphatic rings. The van der Waals surface area contributed by atoms with E-state index >= 15 is 0 Å². The van der Waals surface area contributed by atoms with Crippen LogP contribution < -0.4 is 5.32 Å². The smallest absolute Gasteiger partial charge is 0.328 e. The highest BCUT2D eigenvalue weighted by Crippen LogP contribution is 2.35. The zero-order valence-electron chi connectivity index (χ0n) is 74.5. The summed E-state index contributed by atoms with van der Waals surface area (Å²) in [5, 5.41) is 60.0. The minimum atomic E-state index is -1.38. The van der Waals surface area contributed by atoms with Crippen LogP contribution in [0.2, 0.25) is 0 Å². The van der Waals surface area contributed by atoms with Crippen LogP contribution in [0.4, 0.5) is 17.6 Å². The third-order valence-electron chi connectivity index (χ3n) is 21.4. The van der Waals surface area contributed by atoms with Crippen LogP contribution in [0, 0.1) is 27.7 Å². The number of carbonyl (C=O) groups is 11. The molecule has 3 amide bonds. The second-order valence-corrected chi connectivity index (χ2v) is 36.0. The van der Waals surface area contributed by atoms with E-state index in [2.05, 4.69) is 137 Å². The lowest BCUT2D eigenvalue weighted by atomic mass is 10.0. The summed E-state index contributed by atoms with van der Waals surface area (Å²) in [5.74, 6) is -4.23. The Morgan fingerprint density at radius 3 is 0.957 bits per heavy atom. The number of carboxylic acids is 3. The van der Waals surface area contributed by atoms with E-state index in [1.165, 1.54) is 76.4 Å². The Morgan fingerprint density at radius 2 is 0.698 bits per heavy atom. The quantitative estimate of drug-likeness (QED) is 0.0269. The van der Waals surface area contributed by atoms with Gasteiger partial charge in [-0.3, -0.25) is 57.1 Å². The maximum atomic E-state index is 13.9. The molecule has 8 aromatic heterocycles. The van der Waals surface area contributed by atoms with Gasteiger partial charge in [-0.15, -0.1) is 0 Å². The summed E-state index contributed by atoms with van der Waals surface area (Å²) in [7, 11) is 5.76. The van der Waals surface area contributed by atoms with Gasteiger partial charge in [0.1, 0.15) is 115 Å². The van der Waals surface area contributed by atoms with Crippen LogP contribution in [-0.2, 0) is 168 Å². The average Bonchev–Trinajstić information content (AvgIpc) is 1.64. The largest absolute Gasteiger partial charge is 0.480 e. The fourth-order valence-electron chi connectivity index (χ4n) is 15.0. The third kappa shape index (κ3) is 29.9. The Hall–Kier alpha value is -12.2. The van der Waals surface area contributed by atoms with Crippen molar-refractivity contribution < 1.29 is 100 Å². The number of aliphatic hydroxyl groups is 1. The lowest BCUT2D eigenvalue weighted by Gasteiger charge is -2.22. The van der Waals surface area contributed by atoms with Gasteiger partial charge in [0, 0.05) is 240 Å². The Labute approximate surface area is 839 Å². The lowest BCUT2D eigenvalue weighted by Crippen LogP contribution is -2.42. The molecule has 1 unspecified atom stereocenters. The SMILES string of the molecule is C.C.CC(=O)c1nn(CC(=O)N2C[C@H](F)C[C@H]2C(=O)O)c2ccc(-c3cnc(C)nc3)cc12.CC(=O)c1nn(CC(=O)O)c2ccc(-c3cnc(C)nc3)cc12.COC(=O)[C@@H]1C[C@@H](F)CN1.COC(=O)[C@@H]1C[C@@H](F)CN1C(=O)Cn1nc(C(C)=O)c2cc(-c3cnc(C)nc3)ccc21.Cc1ncc(-c2ccc3c(c2)c(C(C)O)nn3CC(=O)N2C[C@H](F)C[C@H]2C(=O)O)cn1.S.S=S.S=S=S.S=S=S=S. The number of aryl methyl sites for hydroxylation is 4. The molecule has 9 atom stereocenters. The number of benzene rings is 4. The molecule has 16 rings (SSSR count). The maximum absolute atomic E-state index is 13.9. The van der Waals surface area contributed by atoms with Gasteiger partial charge in [0.05, 0.1) is 67.7 Å². The van der Waals surface area contributed by atoms with Crippen molar-refractivity contribution in [1.29, 1.82) is 0 Å². The average molecular weight is 2100 g/mol. The standard InChI is InChI=1S/C22H22FN5O4.C21H22FN5O4.C21H20FN5O4.C16H14N4O3.C6H10FNO2.2CH4.S4.S3.S2.H2S/c1-12(29)21-17-6-14(15-8-24-13(2)25-9-15)4-5-18(17)28(26-21)11-20(30)27-10-16(23)7-19(27)22(31)32-3;2*1-11(28)20-16-5-13(14-7-23-12(2)24-8-14)3-4-17(16)27(25-20)10-19(29)26-9-15(22)6-18(26)21(30)31;1-9(21)16-13-5-11(12-6-17-10(2)18-7-12)3-4-14(13)20(19-16)8-15(22)23;1-10-6(9)5-2-4(7)3-8-5;;;1-3-4-2;1-3-2;1-2;/h4-6,8-9,16,19H,7,10-11H2,1-3H3;3-5,7-8,11,15,18,28H,6,9-10H2,1-2H3,(H,30,31);3-5,7-8,15,18H,6,9-10H2,1-2H3,(H,30,31);3-7H,8H2,1-2H3,(H,22,23);4-5,8H,2-3H2,1H3;2*1H4;;;;1H2/t16-,19+;11?,15-,18+;15-,18+;;4-,5+;;;;;;/m111.1....../s1. The minimum absolute atomic E-state index is 0. The number of hydrogen-bond acceptors (Lipinski definition) is 33. The van der Waals surface area contributed by atoms with Crippen molar-refractivity contribution in [1.82, 2.24) is 99.0 Å². The minimum Gasteiger partial charge on any atom is -0.480 e. The Kier molecular flexibility index (Phi) is 44.7. The summed E-state index contributed by atoms with van der Waals surface area (Å²) in [5.41, 5.74) is 9.79. The molecule has 139 heavy (non-hydrogen) atoms. The number of esters is 2. The predicted molar refractivity (Wildman–Crippen MR) is 536 cm³/mol. The molecular weight excluding hydrogens is 2010 g/mol. The summed E-state index contributed by atoms with van der Waals surface area (Å²) in [4.78, 5) is 168. The summed E-state index contributed by atoms with van der Waals surface area (Å²) in [6, 6.07) is 17.8. The van der Waals surface area contributed by atoms with E-state index in [1.54, 1.807) is 127 Å². The molecule has 0 aliphatic carbocycles. The van der Waals surface area contributed by atoms with Crippen molar-refractivity contribution in [3.8, 4) is 44.5 Å². The zero-order chi connectivity index (χ0) is 99.8. The summed E-state index contributed by atoms with van der Waals surface area (Å²) in [6.45, 7) is 11.4. The van der Waals surface area contributed by atoms with E-state index < -0.39 is 96.6 Å². The number of aliphatic hydroxyl groups excluding tert-OH is 1. The fourth-order valence-corrected chi connectivity index (χ4v) is 15.0. The van der Waals surface area contributed by atoms with E-state index in [1.807, 2.05) is 30.3 Å². The highest BCUT2D eigenvalue weighted by atomic mass is 33.2. The zero-order valence-corrected chi connectivity index (χ0v) is 82.9. The number of alkyl halides is 4. The van der Waals surface area contributed by atoms with E-state index in [-0.39, 0.29) is 147 Å². The van der Waals surface area contributed by atoms with Gasteiger partial charge in [-0.05, 0) is 105 Å². The molecule has 4 fully saturated rings. The molecule has 37 nitrogen and oxygen atoms in total. The Morgan fingerprint density at radius 1 is 0.424 bits per heavy atom. The number of methoxy groups -OCH3 is 2. The number of ether oxygens (including phenoxy) is 2. The predicted octanol–water partition coefficient (Wildman–Crippen LogP) is 9.33. The molecule has 0 bridgehead atoms. The highest BCUT2D eigenvalue weighted by molar-refractivity contribution is 8.51. The number of Topliss-reactive ketones (excluding diaryl/α,β-unsaturated/α-hetero) is 3. The first-order valence-electron chi connectivity index (χ1n) is 40.9. The van der Waals surface area contributed by atoms with E-state index in [4.69, 9.17) is 9.84 Å². The van der Waals surface area contributed by atoms with E-state index in [0.29, 0.717) is 72.6 Å². The van der Waals surface area contributed by atoms with E-state index in [0.717, 1.165) is 63.2 Å². The summed E-state index contributed by atoms with van der Waals surface area (Å²) >= 11 is 24.2. The van der Waals surface area contributed by atoms with Gasteiger partial charge in [-0.1, -0.05) is 39.1 Å². The van der Waals surface area contributed by atoms with Crippen molar-refractivity contribution in [2.24, 2.45) is 0 Å². The van der Waals surface area contributed by atoms with Crippen molar-refractivity contribution in [3.05, 3.63) is 168 Å². The van der Waals surface area contributed by atoms with Gasteiger partial charge in [0.25, 0.3) is 0 Å². The number of nitrogens with zero attached hydrogens (tertiary/aromatic N) is 19. The van der Waals surface area contributed by atoms with Crippen molar-refractivity contribution in [2.45, 2.75) is 177 Å². The van der Waals surface area contributed by atoms with Crippen LogP contribution in [0.3, 0.4) is 0 Å². The third-order valence-corrected chi connectivity index (χ3v) is 23.6. The van der Waals surface area contributed by atoms with E-state index in [9.17, 15) is 85.6 Å². The maximum Gasteiger partial charge on any atom is 0.328 e. The lowest BCUT2D eigenvalue weighted by molar-refractivity contribution is -0.151. The first kappa shape index (κ1) is 116. The van der Waals surface area contributed by atoms with Gasteiger partial charge in [0.2, 0.25) is 17.7 Å². The number of carbonyl (C=O) groups excluding carboxylic acids is 8. The number of nitrogens with one attached hydrogen (secondary N) is 1. The molecule has 0 radical (unpaired) electrons. The molecular formula is C88H98F4N20O17S10. The van der Waals surface area contributed by atoms with Crippen molar-refractivity contribution >= 4 is 216 Å². The molecule has 4 saturated heterocycles. The molecule has 0 saturated carbocycles. The van der Waals surface area contributed by atoms with Crippen LogP contribution in [0.5, 0.6) is 0 Å². The first-order valence-corrected chi connectivity index (χ1v) is 48.9. The molecule has 740 valence electrons. The van der Waals surface area contributed by atoms with Crippen molar-refractivity contribution in [2.75, 3.05) is 40.4 Å². The first-order chi connectivity index (χ1) is 64.8. The fraction of sp³-hybridized carbons (Fsp3) is 0.375. The topological polar surface area (TPSA) is 483 Å². The molecule has 12 aromatic rings. The number of carboxylic acid groups (broad SMARTS) is 3. The molecule has 51 heteroatoms. The number of aromatic nitrogens is 16. The molecule has 4 aromatic carbocycles. The van der Waals surface area contributed by atoms with Crippen LogP contribution in [0.1, 0.15) is 135 Å². The number of likely N-dealkylation sites (tertiary alicyclic amines) is 3. The van der Waals surface area contributed by atoms with Crippen LogP contribution >= 0.6 is 13.5 Å². The second kappa shape index (κ2) is 53.8. The second-order valence-electron chi connectivity index (χ2n) is 30.7. The highest BCUT2D eigenvalue weighted by Gasteiger charge is 2.43. The number of halogens is 4. The van der Waals surface area contributed by atoms with Crippen molar-refractivity contribution in [3.63, 3.8) is 0 Å². The molecule has 12 heterocycles. The van der Waals surface area contributed by atoms with Gasteiger partial charge in [0.15, 0.2) is 17.3 Å². The van der Waals surface area contributed by atoms with Gasteiger partial charge in [-0.25, -0.2) is 71.8 Å². The summed E-state index contributed by atoms with van der Waals surface area (Å²) < 4.78 is 68.5. The number of aliphatic carboxylic acids is 3. The number of rotatable bonds is 20. The monoisotopic (exact) mass is 2100 g/mol. The summed E-state index contributed by atoms with van der Waals surface area (Å²) in [6.07, 6.45) is 7.40. The van der Waals surface area contributed by atoms with Crippen LogP contribution in [0.25, 0.3) is 88.1 Å². The Balaban J connectivity index is 0.000000266. The number of fused-ring (bicyclic) bond motifs is 4. The van der Waals surface area contributed by atoms with Crippen LogP contribution in [0.15, 0.2) is 122 Å². The van der Waals surface area contributed by atoms with Gasteiger partial charge >= 0.3 is 29.8 Å². The molecule has 5 N–H and O–H groups in total. The van der Waals surface area contributed by atoms with Crippen LogP contribution in [-0.4, -0.2) is 268 Å². The molecule has 4 aliphatic heterocycles. The normalized spacial score (nSPS) is 17.1. The van der Waals surface area contributed by atoms with Gasteiger partial charge < -0.3 is 49.9 Å².